The van der Waals surface area contributed by atoms with Crippen molar-refractivity contribution in [1.82, 2.24) is 10.6 Å². The lowest BCUT2D eigenvalue weighted by Crippen LogP contribution is -2.47. The number of ether oxygens (including phenoxy) is 3. The van der Waals surface area contributed by atoms with Gasteiger partial charge < -0.3 is 24.8 Å². The molecular weight excluding hydrogens is 306 g/mol. The molecule has 1 aromatic rings. The number of rotatable bonds is 3. The zero-order chi connectivity index (χ0) is 16.4. The van der Waals surface area contributed by atoms with Crippen LogP contribution < -0.4 is 20.1 Å². The van der Waals surface area contributed by atoms with Gasteiger partial charge >= 0.3 is 0 Å². The molecule has 2 fully saturated rings. The van der Waals surface area contributed by atoms with E-state index >= 15 is 0 Å². The van der Waals surface area contributed by atoms with Crippen LogP contribution in [0.2, 0.25) is 0 Å². The summed E-state index contributed by atoms with van der Waals surface area (Å²) < 4.78 is 17.5. The van der Waals surface area contributed by atoms with Crippen molar-refractivity contribution in [2.75, 3.05) is 20.3 Å². The highest BCUT2D eigenvalue weighted by Gasteiger charge is 2.41. The Morgan fingerprint density at radius 2 is 2.17 bits per heavy atom. The number of fused-ring (bicyclic) bond motifs is 3. The van der Waals surface area contributed by atoms with Gasteiger partial charge in [0.25, 0.3) is 0 Å². The van der Waals surface area contributed by atoms with Gasteiger partial charge in [0, 0.05) is 25.6 Å². The van der Waals surface area contributed by atoms with E-state index in [0.717, 1.165) is 42.3 Å². The lowest BCUT2D eigenvalue weighted by Gasteiger charge is -2.23. The molecule has 0 amide bonds. The van der Waals surface area contributed by atoms with Crippen molar-refractivity contribution in [3.05, 3.63) is 23.8 Å². The van der Waals surface area contributed by atoms with Crippen LogP contribution in [0, 0.1) is 0 Å². The summed E-state index contributed by atoms with van der Waals surface area (Å²) in [5.41, 5.74) is 1.08. The Morgan fingerprint density at radius 1 is 1.25 bits per heavy atom. The molecule has 130 valence electrons. The third kappa shape index (κ3) is 3.15. The SMILES string of the molecule is CN=C(NCc1cccc2c1OCCCO2)NC1CC2CCC1O2. The molecule has 6 nitrogen and oxygen atoms in total. The maximum Gasteiger partial charge on any atom is 0.191 e. The Labute approximate surface area is 142 Å². The molecule has 0 saturated carbocycles. The average Bonchev–Trinajstić information content (AvgIpc) is 3.14. The molecule has 4 rings (SSSR count). The summed E-state index contributed by atoms with van der Waals surface area (Å²) in [6.07, 6.45) is 5.09. The molecule has 2 bridgehead atoms. The third-order valence-electron chi connectivity index (χ3n) is 4.95. The molecule has 0 radical (unpaired) electrons. The van der Waals surface area contributed by atoms with Gasteiger partial charge in [0.1, 0.15) is 0 Å². The molecule has 0 aromatic heterocycles. The second kappa shape index (κ2) is 6.89. The van der Waals surface area contributed by atoms with Crippen molar-refractivity contribution in [1.29, 1.82) is 0 Å². The fourth-order valence-corrected chi connectivity index (χ4v) is 3.73. The molecule has 0 spiro atoms. The maximum atomic E-state index is 5.90. The summed E-state index contributed by atoms with van der Waals surface area (Å²) in [6.45, 7) is 2.05. The maximum absolute atomic E-state index is 5.90. The second-order valence-electron chi connectivity index (χ2n) is 6.58. The average molecular weight is 331 g/mol. The molecule has 3 heterocycles. The summed E-state index contributed by atoms with van der Waals surface area (Å²) in [7, 11) is 1.80. The molecular formula is C18H25N3O3. The van der Waals surface area contributed by atoms with Gasteiger partial charge in [0.05, 0.1) is 31.5 Å². The number of aliphatic imine (C=N–C) groups is 1. The second-order valence-corrected chi connectivity index (χ2v) is 6.58. The summed E-state index contributed by atoms with van der Waals surface area (Å²) in [6, 6.07) is 6.39. The molecule has 2 saturated heterocycles. The first-order valence-electron chi connectivity index (χ1n) is 8.83. The van der Waals surface area contributed by atoms with Crippen LogP contribution in [-0.2, 0) is 11.3 Å². The zero-order valence-corrected chi connectivity index (χ0v) is 14.1. The van der Waals surface area contributed by atoms with Crippen LogP contribution in [0.1, 0.15) is 31.2 Å². The number of para-hydroxylation sites is 1. The Kier molecular flexibility index (Phi) is 4.47. The monoisotopic (exact) mass is 331 g/mol. The summed E-state index contributed by atoms with van der Waals surface area (Å²) in [5.74, 6) is 2.49. The van der Waals surface area contributed by atoms with Gasteiger partial charge in [-0.2, -0.15) is 0 Å². The van der Waals surface area contributed by atoms with E-state index in [0.29, 0.717) is 38.0 Å². The van der Waals surface area contributed by atoms with Crippen LogP contribution >= 0.6 is 0 Å². The van der Waals surface area contributed by atoms with E-state index in [9.17, 15) is 0 Å². The molecule has 0 aliphatic carbocycles. The molecule has 3 aliphatic rings. The minimum Gasteiger partial charge on any atom is -0.490 e. The van der Waals surface area contributed by atoms with E-state index in [1.807, 2.05) is 12.1 Å². The summed E-state index contributed by atoms with van der Waals surface area (Å²) >= 11 is 0. The predicted octanol–water partition coefficient (Wildman–Crippen LogP) is 1.83. The van der Waals surface area contributed by atoms with Crippen molar-refractivity contribution in [2.24, 2.45) is 4.99 Å². The quantitative estimate of drug-likeness (QED) is 0.653. The Morgan fingerprint density at radius 3 is 2.96 bits per heavy atom. The first-order valence-corrected chi connectivity index (χ1v) is 8.83. The van der Waals surface area contributed by atoms with E-state index in [1.54, 1.807) is 7.05 Å². The van der Waals surface area contributed by atoms with Crippen LogP contribution in [0.5, 0.6) is 11.5 Å². The standard InChI is InChI=1S/C18H25N3O3/c1-19-18(21-14-10-13-6-7-15(14)24-13)20-11-12-4-2-5-16-17(12)23-9-3-8-22-16/h2,4-5,13-15H,3,6-11H2,1H3,(H2,19,20,21). The predicted molar refractivity (Wildman–Crippen MR) is 91.7 cm³/mol. The van der Waals surface area contributed by atoms with E-state index in [1.165, 1.54) is 6.42 Å². The Balaban J connectivity index is 1.39. The molecule has 3 aliphatic heterocycles. The summed E-state index contributed by atoms with van der Waals surface area (Å²) in [5, 5.41) is 6.89. The van der Waals surface area contributed by atoms with Crippen molar-refractivity contribution in [3.8, 4) is 11.5 Å². The number of benzene rings is 1. The highest BCUT2D eigenvalue weighted by molar-refractivity contribution is 5.80. The van der Waals surface area contributed by atoms with E-state index < -0.39 is 0 Å². The zero-order valence-electron chi connectivity index (χ0n) is 14.1. The van der Waals surface area contributed by atoms with Crippen molar-refractivity contribution in [3.63, 3.8) is 0 Å². The number of guanidine groups is 1. The first-order chi connectivity index (χ1) is 11.8. The van der Waals surface area contributed by atoms with Gasteiger partial charge in [0.15, 0.2) is 17.5 Å². The van der Waals surface area contributed by atoms with E-state index in [4.69, 9.17) is 14.2 Å². The van der Waals surface area contributed by atoms with Gasteiger partial charge in [-0.15, -0.1) is 0 Å². The molecule has 1 aromatic carbocycles. The number of hydrogen-bond acceptors (Lipinski definition) is 4. The molecule has 3 atom stereocenters. The highest BCUT2D eigenvalue weighted by Crippen LogP contribution is 2.34. The number of nitrogens with one attached hydrogen (secondary N) is 2. The summed E-state index contributed by atoms with van der Waals surface area (Å²) in [4.78, 5) is 4.35. The van der Waals surface area contributed by atoms with Crippen molar-refractivity contribution >= 4 is 5.96 Å². The van der Waals surface area contributed by atoms with Crippen molar-refractivity contribution < 1.29 is 14.2 Å². The van der Waals surface area contributed by atoms with E-state index in [-0.39, 0.29) is 0 Å². The van der Waals surface area contributed by atoms with Gasteiger partial charge in [-0.1, -0.05) is 12.1 Å². The molecule has 24 heavy (non-hydrogen) atoms. The van der Waals surface area contributed by atoms with Crippen LogP contribution in [0.25, 0.3) is 0 Å². The normalized spacial score (nSPS) is 28.5. The first kappa shape index (κ1) is 15.6. The van der Waals surface area contributed by atoms with Gasteiger partial charge in [0.2, 0.25) is 0 Å². The fourth-order valence-electron chi connectivity index (χ4n) is 3.73. The van der Waals surface area contributed by atoms with Gasteiger partial charge in [-0.05, 0) is 25.3 Å². The van der Waals surface area contributed by atoms with Crippen molar-refractivity contribution in [2.45, 2.75) is 50.5 Å². The van der Waals surface area contributed by atoms with Crippen LogP contribution in [-0.4, -0.2) is 44.5 Å². The van der Waals surface area contributed by atoms with Crippen LogP contribution in [0.15, 0.2) is 23.2 Å². The molecule has 2 N–H and O–H groups in total. The van der Waals surface area contributed by atoms with E-state index in [2.05, 4.69) is 21.7 Å². The smallest absolute Gasteiger partial charge is 0.191 e. The topological polar surface area (TPSA) is 64.1 Å². The fraction of sp³-hybridized carbons (Fsp3) is 0.611. The van der Waals surface area contributed by atoms with Crippen LogP contribution in [0.3, 0.4) is 0 Å². The van der Waals surface area contributed by atoms with Crippen LogP contribution in [0.4, 0.5) is 0 Å². The lowest BCUT2D eigenvalue weighted by molar-refractivity contribution is 0.0992. The molecule has 3 unspecified atom stereocenters. The Hall–Kier alpha value is -1.95. The number of hydrogen-bond donors (Lipinski definition) is 2. The largest absolute Gasteiger partial charge is 0.490 e. The van der Waals surface area contributed by atoms with Gasteiger partial charge in [-0.3, -0.25) is 4.99 Å². The third-order valence-corrected chi connectivity index (χ3v) is 4.95. The minimum absolute atomic E-state index is 0.332. The number of nitrogens with zero attached hydrogens (tertiary/aromatic N) is 1. The minimum atomic E-state index is 0.332. The Bertz CT molecular complexity index is 620. The van der Waals surface area contributed by atoms with Gasteiger partial charge in [-0.25, -0.2) is 0 Å². The lowest BCUT2D eigenvalue weighted by atomic mass is 9.96. The molecule has 6 heteroatoms. The highest BCUT2D eigenvalue weighted by atomic mass is 16.5.